The van der Waals surface area contributed by atoms with E-state index in [-0.39, 0.29) is 11.9 Å². The number of carbonyl (C=O) groups is 1. The van der Waals surface area contributed by atoms with Crippen LogP contribution in [0.5, 0.6) is 0 Å². The van der Waals surface area contributed by atoms with Crippen molar-refractivity contribution >= 4 is 5.97 Å². The Morgan fingerprint density at radius 3 is 2.80 bits per heavy atom. The lowest BCUT2D eigenvalue weighted by molar-refractivity contribution is -0.938. The number of esters is 1. The maximum absolute atomic E-state index is 12.1. The van der Waals surface area contributed by atoms with Crippen molar-refractivity contribution in [3.63, 3.8) is 0 Å². The third-order valence-corrected chi connectivity index (χ3v) is 5.37. The predicted octanol–water partition coefficient (Wildman–Crippen LogP) is 2.78. The molecule has 2 saturated heterocycles. The predicted molar refractivity (Wildman–Crippen MR) is 77.9 cm³/mol. The van der Waals surface area contributed by atoms with Gasteiger partial charge in [0.25, 0.3) is 0 Å². The summed E-state index contributed by atoms with van der Waals surface area (Å²) in [4.78, 5) is 12.1. The molecule has 1 aromatic rings. The summed E-state index contributed by atoms with van der Waals surface area (Å²) < 4.78 is 6.33. The number of benzene rings is 1. The lowest BCUT2D eigenvalue weighted by Crippen LogP contribution is -2.48. The fourth-order valence-electron chi connectivity index (χ4n) is 4.18. The summed E-state index contributed by atoms with van der Waals surface area (Å²) in [5.74, 6) is 0.674. The van der Waals surface area contributed by atoms with Crippen LogP contribution in [0.25, 0.3) is 0 Å². The summed E-state index contributed by atoms with van der Waals surface area (Å²) in [7, 11) is 0. The molecule has 1 aromatic carbocycles. The number of ether oxygens (including phenoxy) is 1. The topological polar surface area (TPSA) is 26.3 Å². The molecule has 0 aromatic heterocycles. The van der Waals surface area contributed by atoms with Crippen molar-refractivity contribution in [3.05, 3.63) is 35.9 Å². The number of quaternary nitrogens is 1. The fraction of sp³-hybridized carbons (Fsp3) is 0.588. The van der Waals surface area contributed by atoms with Gasteiger partial charge in [0.05, 0.1) is 26.2 Å². The van der Waals surface area contributed by atoms with E-state index in [0.717, 1.165) is 17.6 Å². The van der Waals surface area contributed by atoms with Gasteiger partial charge >= 0.3 is 5.97 Å². The Morgan fingerprint density at radius 2 is 2.10 bits per heavy atom. The summed E-state index contributed by atoms with van der Waals surface area (Å²) in [5.41, 5.74) is 1.39. The van der Waals surface area contributed by atoms with Crippen LogP contribution in [0.15, 0.2) is 30.3 Å². The number of carbonyl (C=O) groups excluding carboxylic acids is 1. The van der Waals surface area contributed by atoms with Gasteiger partial charge in [-0.25, -0.2) is 0 Å². The van der Waals surface area contributed by atoms with Gasteiger partial charge < -0.3 is 9.22 Å². The molecule has 0 aliphatic carbocycles. The van der Waals surface area contributed by atoms with E-state index < -0.39 is 0 Å². The normalized spacial score (nSPS) is 33.1. The Labute approximate surface area is 121 Å². The molecule has 2 heterocycles. The van der Waals surface area contributed by atoms with Crippen LogP contribution >= 0.6 is 0 Å². The molecule has 0 radical (unpaired) electrons. The molecule has 4 atom stereocenters. The van der Waals surface area contributed by atoms with Crippen LogP contribution in [0.4, 0.5) is 0 Å². The molecule has 0 spiro atoms. The molecule has 0 N–H and O–H groups in total. The molecule has 1 unspecified atom stereocenters. The molecule has 3 rings (SSSR count). The first-order valence-electron chi connectivity index (χ1n) is 7.73. The zero-order valence-corrected chi connectivity index (χ0v) is 12.4. The van der Waals surface area contributed by atoms with Gasteiger partial charge in [0, 0.05) is 17.9 Å². The Balaban J connectivity index is 1.79. The van der Waals surface area contributed by atoms with E-state index in [1.54, 1.807) is 0 Å². The molecule has 20 heavy (non-hydrogen) atoms. The zero-order chi connectivity index (χ0) is 14.2. The van der Waals surface area contributed by atoms with Crippen molar-refractivity contribution in [1.29, 1.82) is 0 Å². The van der Waals surface area contributed by atoms with Crippen LogP contribution in [0.3, 0.4) is 0 Å². The minimum atomic E-state index is 0.0254. The first-order chi connectivity index (χ1) is 9.66. The van der Waals surface area contributed by atoms with Gasteiger partial charge in [-0.2, -0.15) is 0 Å². The molecule has 2 aliphatic heterocycles. The van der Waals surface area contributed by atoms with Crippen molar-refractivity contribution < 1.29 is 14.0 Å². The quantitative estimate of drug-likeness (QED) is 0.623. The number of nitrogens with zero attached hydrogens (tertiary/aromatic N) is 1. The summed E-state index contributed by atoms with van der Waals surface area (Å²) in [6.07, 6.45) is 1.17. The number of piperidine rings is 1. The molecular formula is C17H24NO2+. The molecule has 108 valence electrons. The Bertz CT molecular complexity index is 487. The third kappa shape index (κ3) is 2.14. The highest BCUT2D eigenvalue weighted by atomic mass is 16.5. The number of rotatable bonds is 4. The van der Waals surface area contributed by atoms with Crippen LogP contribution in [0, 0.1) is 11.8 Å². The van der Waals surface area contributed by atoms with Gasteiger partial charge in [0.15, 0.2) is 0 Å². The van der Waals surface area contributed by atoms with E-state index >= 15 is 0 Å². The van der Waals surface area contributed by atoms with E-state index in [0.29, 0.717) is 18.6 Å². The van der Waals surface area contributed by atoms with Gasteiger partial charge in [-0.15, -0.1) is 0 Å². The Morgan fingerprint density at radius 1 is 1.35 bits per heavy atom. The highest BCUT2D eigenvalue weighted by Gasteiger charge is 2.56. The summed E-state index contributed by atoms with van der Waals surface area (Å²) in [5, 5.41) is 0. The lowest BCUT2D eigenvalue weighted by atomic mass is 9.92. The highest BCUT2D eigenvalue weighted by molar-refractivity contribution is 5.73. The molecular weight excluding hydrogens is 250 g/mol. The van der Waals surface area contributed by atoms with E-state index in [2.05, 4.69) is 37.3 Å². The lowest BCUT2D eigenvalue weighted by Gasteiger charge is -2.39. The number of hydrogen-bond donors (Lipinski definition) is 0. The van der Waals surface area contributed by atoms with Crippen molar-refractivity contribution in [2.24, 2.45) is 11.8 Å². The maximum Gasteiger partial charge on any atom is 0.315 e. The zero-order valence-electron chi connectivity index (χ0n) is 12.4. The SMILES string of the molecule is CCOC(=O)[C@H]1C[N@+]2(C(C)c3ccccc3)CC[C@@H]1C2. The molecule has 2 bridgehead atoms. The average Bonchev–Trinajstić information content (AvgIpc) is 3.07. The average molecular weight is 274 g/mol. The smallest absolute Gasteiger partial charge is 0.315 e. The molecule has 3 nitrogen and oxygen atoms in total. The van der Waals surface area contributed by atoms with E-state index in [1.165, 1.54) is 18.5 Å². The van der Waals surface area contributed by atoms with Crippen molar-refractivity contribution in [2.75, 3.05) is 26.2 Å². The van der Waals surface area contributed by atoms with Gasteiger partial charge in [-0.05, 0) is 13.8 Å². The summed E-state index contributed by atoms with van der Waals surface area (Å²) in [6, 6.07) is 11.2. The third-order valence-electron chi connectivity index (χ3n) is 5.37. The monoisotopic (exact) mass is 274 g/mol. The van der Waals surface area contributed by atoms with Crippen LogP contribution in [-0.2, 0) is 9.53 Å². The van der Waals surface area contributed by atoms with Crippen molar-refractivity contribution in [2.45, 2.75) is 26.3 Å². The van der Waals surface area contributed by atoms with Crippen LogP contribution in [-0.4, -0.2) is 36.7 Å². The molecule has 2 fully saturated rings. The highest BCUT2D eigenvalue weighted by Crippen LogP contribution is 2.46. The number of hydrogen-bond acceptors (Lipinski definition) is 2. The van der Waals surface area contributed by atoms with Gasteiger partial charge in [-0.3, -0.25) is 4.79 Å². The second-order valence-corrected chi connectivity index (χ2v) is 6.30. The number of fused-ring (bicyclic) bond motifs is 2. The Kier molecular flexibility index (Phi) is 3.55. The van der Waals surface area contributed by atoms with E-state index in [1.807, 2.05) is 6.92 Å². The molecule has 0 amide bonds. The maximum atomic E-state index is 12.1. The Hall–Kier alpha value is -1.35. The minimum absolute atomic E-state index is 0.0254. The van der Waals surface area contributed by atoms with Gasteiger partial charge in [0.2, 0.25) is 0 Å². The van der Waals surface area contributed by atoms with Gasteiger partial charge in [0.1, 0.15) is 12.0 Å². The van der Waals surface area contributed by atoms with E-state index in [9.17, 15) is 4.79 Å². The molecule has 3 heteroatoms. The second-order valence-electron chi connectivity index (χ2n) is 6.30. The van der Waals surface area contributed by atoms with E-state index in [4.69, 9.17) is 4.74 Å². The first kappa shape index (κ1) is 13.6. The van der Waals surface area contributed by atoms with Crippen LogP contribution < -0.4 is 0 Å². The second kappa shape index (κ2) is 5.21. The standard InChI is InChI=1S/C17H24NO2/c1-3-20-17(19)16-12-18(10-9-15(16)11-18)13(2)14-7-5-4-6-8-14/h4-8,13,15-16H,3,9-12H2,1-2H3/q+1/t13?,15-,16+,18+/m1/s1. The van der Waals surface area contributed by atoms with Gasteiger partial charge in [-0.1, -0.05) is 30.3 Å². The summed E-state index contributed by atoms with van der Waals surface area (Å²) in [6.45, 7) is 8.00. The minimum Gasteiger partial charge on any atom is -0.466 e. The molecule has 0 saturated carbocycles. The summed E-state index contributed by atoms with van der Waals surface area (Å²) >= 11 is 0. The fourth-order valence-corrected chi connectivity index (χ4v) is 4.18. The van der Waals surface area contributed by atoms with Crippen LogP contribution in [0.1, 0.15) is 31.9 Å². The largest absolute Gasteiger partial charge is 0.466 e. The first-order valence-corrected chi connectivity index (χ1v) is 7.73. The van der Waals surface area contributed by atoms with Crippen molar-refractivity contribution in [3.8, 4) is 0 Å². The van der Waals surface area contributed by atoms with Crippen LogP contribution in [0.2, 0.25) is 0 Å². The van der Waals surface area contributed by atoms with Crippen molar-refractivity contribution in [1.82, 2.24) is 0 Å². The molecule has 2 aliphatic rings.